The van der Waals surface area contributed by atoms with E-state index < -0.39 is 0 Å². The third-order valence-corrected chi connectivity index (χ3v) is 3.77. The summed E-state index contributed by atoms with van der Waals surface area (Å²) in [5.74, 6) is 0.570. The molecule has 4 heteroatoms. The summed E-state index contributed by atoms with van der Waals surface area (Å²) in [5, 5.41) is 9.43. The zero-order chi connectivity index (χ0) is 13.8. The molecule has 1 aliphatic rings. The molecule has 0 aliphatic carbocycles. The summed E-state index contributed by atoms with van der Waals surface area (Å²) in [6, 6.07) is 5.53. The highest BCUT2D eigenvalue weighted by Crippen LogP contribution is 2.26. The van der Waals surface area contributed by atoms with E-state index in [1.165, 1.54) is 0 Å². The number of nitrogens with zero attached hydrogens (tertiary/aromatic N) is 1. The van der Waals surface area contributed by atoms with Crippen molar-refractivity contribution < 1.29 is 14.6 Å². The number of piperidine rings is 1. The molecule has 1 saturated heterocycles. The zero-order valence-electron chi connectivity index (χ0n) is 11.6. The molecule has 0 saturated carbocycles. The number of rotatable bonds is 3. The van der Waals surface area contributed by atoms with Gasteiger partial charge in [0, 0.05) is 6.54 Å². The van der Waals surface area contributed by atoms with E-state index in [1.54, 1.807) is 18.1 Å². The van der Waals surface area contributed by atoms with Crippen LogP contribution in [0.2, 0.25) is 0 Å². The Morgan fingerprint density at radius 2 is 2.26 bits per heavy atom. The van der Waals surface area contributed by atoms with Crippen molar-refractivity contribution in [3.05, 3.63) is 29.3 Å². The molecule has 1 N–H and O–H groups in total. The van der Waals surface area contributed by atoms with Crippen LogP contribution >= 0.6 is 0 Å². The lowest BCUT2D eigenvalue weighted by atomic mass is 9.99. The Kier molecular flexibility index (Phi) is 4.43. The van der Waals surface area contributed by atoms with Crippen LogP contribution in [-0.2, 0) is 0 Å². The molecule has 1 amide bonds. The van der Waals surface area contributed by atoms with Crippen molar-refractivity contribution in [3.8, 4) is 5.75 Å². The Bertz CT molecular complexity index is 459. The molecule has 1 fully saturated rings. The van der Waals surface area contributed by atoms with Crippen LogP contribution < -0.4 is 4.74 Å². The molecule has 104 valence electrons. The number of aryl methyl sites for hydroxylation is 1. The fourth-order valence-electron chi connectivity index (χ4n) is 2.69. The predicted octanol–water partition coefficient (Wildman–Crippen LogP) is 1.99. The Morgan fingerprint density at radius 1 is 1.47 bits per heavy atom. The number of likely N-dealkylation sites (tertiary alicyclic amines) is 1. The highest BCUT2D eigenvalue weighted by Gasteiger charge is 2.29. The van der Waals surface area contributed by atoms with Gasteiger partial charge < -0.3 is 14.7 Å². The molecule has 0 spiro atoms. The molecule has 1 aliphatic heterocycles. The van der Waals surface area contributed by atoms with Crippen molar-refractivity contribution in [3.63, 3.8) is 0 Å². The van der Waals surface area contributed by atoms with E-state index in [4.69, 9.17) is 4.74 Å². The van der Waals surface area contributed by atoms with Crippen LogP contribution in [0.15, 0.2) is 18.2 Å². The van der Waals surface area contributed by atoms with Crippen molar-refractivity contribution in [2.24, 2.45) is 0 Å². The maximum Gasteiger partial charge on any atom is 0.258 e. The van der Waals surface area contributed by atoms with Crippen molar-refractivity contribution in [1.82, 2.24) is 4.90 Å². The number of carbonyl (C=O) groups excluding carboxylic acids is 1. The van der Waals surface area contributed by atoms with Crippen LogP contribution in [0.1, 0.15) is 35.2 Å². The molecular weight excluding hydrogens is 242 g/mol. The first-order valence-corrected chi connectivity index (χ1v) is 6.74. The highest BCUT2D eigenvalue weighted by atomic mass is 16.5. The van der Waals surface area contributed by atoms with Crippen LogP contribution in [0.3, 0.4) is 0 Å². The quantitative estimate of drug-likeness (QED) is 0.907. The minimum atomic E-state index is -0.0643. The summed E-state index contributed by atoms with van der Waals surface area (Å²) in [5.41, 5.74) is 1.52. The number of methoxy groups -OCH3 is 1. The fourth-order valence-corrected chi connectivity index (χ4v) is 2.69. The van der Waals surface area contributed by atoms with Gasteiger partial charge in [-0.3, -0.25) is 4.79 Å². The van der Waals surface area contributed by atoms with Crippen LogP contribution in [0.25, 0.3) is 0 Å². The highest BCUT2D eigenvalue weighted by molar-refractivity contribution is 5.98. The Hall–Kier alpha value is -1.55. The zero-order valence-corrected chi connectivity index (χ0v) is 11.6. The van der Waals surface area contributed by atoms with E-state index in [-0.39, 0.29) is 18.6 Å². The molecule has 1 atom stereocenters. The van der Waals surface area contributed by atoms with Gasteiger partial charge >= 0.3 is 0 Å². The van der Waals surface area contributed by atoms with Crippen molar-refractivity contribution >= 4 is 5.91 Å². The molecule has 0 bridgehead atoms. The number of aliphatic hydroxyl groups is 1. The second-order valence-corrected chi connectivity index (χ2v) is 4.98. The molecule has 2 rings (SSSR count). The van der Waals surface area contributed by atoms with Crippen molar-refractivity contribution in [2.75, 3.05) is 20.3 Å². The summed E-state index contributed by atoms with van der Waals surface area (Å²) < 4.78 is 5.30. The summed E-state index contributed by atoms with van der Waals surface area (Å²) in [4.78, 5) is 14.5. The first-order valence-electron chi connectivity index (χ1n) is 6.74. The number of ether oxygens (including phenoxy) is 1. The van der Waals surface area contributed by atoms with E-state index >= 15 is 0 Å². The van der Waals surface area contributed by atoms with Gasteiger partial charge in [0.15, 0.2) is 0 Å². The lowest BCUT2D eigenvalue weighted by Gasteiger charge is -2.35. The summed E-state index contributed by atoms with van der Waals surface area (Å²) >= 11 is 0. The second-order valence-electron chi connectivity index (χ2n) is 4.98. The molecule has 1 aromatic carbocycles. The SMILES string of the molecule is COc1cccc(C)c1C(=O)N1CCCCC1CO. The lowest BCUT2D eigenvalue weighted by Crippen LogP contribution is -2.45. The topological polar surface area (TPSA) is 49.8 Å². The van der Waals surface area contributed by atoms with Crippen LogP contribution in [0.5, 0.6) is 5.75 Å². The van der Waals surface area contributed by atoms with Gasteiger partial charge in [-0.2, -0.15) is 0 Å². The third-order valence-electron chi connectivity index (χ3n) is 3.77. The van der Waals surface area contributed by atoms with Gasteiger partial charge in [0.1, 0.15) is 5.75 Å². The number of carbonyl (C=O) groups is 1. The number of benzene rings is 1. The van der Waals surface area contributed by atoms with E-state index in [0.717, 1.165) is 24.8 Å². The van der Waals surface area contributed by atoms with Gasteiger partial charge in [0.25, 0.3) is 5.91 Å². The average Bonchev–Trinajstić information content (AvgIpc) is 2.46. The molecular formula is C15H21NO3. The van der Waals surface area contributed by atoms with Gasteiger partial charge in [0.2, 0.25) is 0 Å². The normalized spacial score (nSPS) is 19.3. The predicted molar refractivity (Wildman–Crippen MR) is 73.5 cm³/mol. The van der Waals surface area contributed by atoms with Gasteiger partial charge in [-0.1, -0.05) is 12.1 Å². The molecule has 1 aromatic rings. The van der Waals surface area contributed by atoms with Gasteiger partial charge in [-0.05, 0) is 37.8 Å². The molecule has 1 heterocycles. The van der Waals surface area contributed by atoms with Crippen LogP contribution in [0, 0.1) is 6.92 Å². The maximum atomic E-state index is 12.7. The Labute approximate surface area is 114 Å². The standard InChI is InChI=1S/C15H21NO3/c1-11-6-5-8-13(19-2)14(11)15(18)16-9-4-3-7-12(16)10-17/h5-6,8,12,17H,3-4,7,9-10H2,1-2H3. The van der Waals surface area contributed by atoms with E-state index in [9.17, 15) is 9.90 Å². The maximum absolute atomic E-state index is 12.7. The van der Waals surface area contributed by atoms with Crippen LogP contribution in [0.4, 0.5) is 0 Å². The minimum Gasteiger partial charge on any atom is -0.496 e. The van der Waals surface area contributed by atoms with Gasteiger partial charge in [-0.15, -0.1) is 0 Å². The van der Waals surface area contributed by atoms with E-state index in [2.05, 4.69) is 0 Å². The number of hydrogen-bond acceptors (Lipinski definition) is 3. The second kappa shape index (κ2) is 6.06. The molecule has 0 aromatic heterocycles. The molecule has 4 nitrogen and oxygen atoms in total. The largest absolute Gasteiger partial charge is 0.496 e. The average molecular weight is 263 g/mol. The summed E-state index contributed by atoms with van der Waals surface area (Å²) in [7, 11) is 1.57. The molecule has 19 heavy (non-hydrogen) atoms. The fraction of sp³-hybridized carbons (Fsp3) is 0.533. The summed E-state index contributed by atoms with van der Waals surface area (Å²) in [6.45, 7) is 2.65. The van der Waals surface area contributed by atoms with Crippen molar-refractivity contribution in [1.29, 1.82) is 0 Å². The van der Waals surface area contributed by atoms with Crippen LogP contribution in [-0.4, -0.2) is 42.2 Å². The number of amides is 1. The third kappa shape index (κ3) is 2.73. The van der Waals surface area contributed by atoms with Crippen molar-refractivity contribution in [2.45, 2.75) is 32.2 Å². The lowest BCUT2D eigenvalue weighted by molar-refractivity contribution is 0.0499. The number of aliphatic hydroxyl groups excluding tert-OH is 1. The molecule has 0 radical (unpaired) electrons. The first kappa shape index (κ1) is 13.9. The van der Waals surface area contributed by atoms with Gasteiger partial charge in [0.05, 0.1) is 25.3 Å². The molecule has 1 unspecified atom stereocenters. The monoisotopic (exact) mass is 263 g/mol. The Balaban J connectivity index is 2.32. The van der Waals surface area contributed by atoms with E-state index in [0.29, 0.717) is 17.9 Å². The Morgan fingerprint density at radius 3 is 2.95 bits per heavy atom. The first-order chi connectivity index (χ1) is 9.19. The van der Waals surface area contributed by atoms with Gasteiger partial charge in [-0.25, -0.2) is 0 Å². The minimum absolute atomic E-state index is 0.0277. The summed E-state index contributed by atoms with van der Waals surface area (Å²) in [6.07, 6.45) is 2.94. The number of hydrogen-bond donors (Lipinski definition) is 1. The van der Waals surface area contributed by atoms with E-state index in [1.807, 2.05) is 19.1 Å². The smallest absolute Gasteiger partial charge is 0.258 e.